The number of aliphatic hydroxyl groups excluding tert-OH is 3. The Balaban J connectivity index is 4.81. The van der Waals surface area contributed by atoms with Gasteiger partial charge < -0.3 is 34.2 Å². The molecule has 0 aromatic carbocycles. The van der Waals surface area contributed by atoms with E-state index in [1.54, 1.807) is 42.5 Å². The van der Waals surface area contributed by atoms with Crippen LogP contribution in [0.15, 0.2) is 109 Å². The minimum atomic E-state index is -4.48. The number of carbonyl (C=O) groups is 2. The first-order chi connectivity index (χ1) is 29.2. The van der Waals surface area contributed by atoms with E-state index in [1.807, 2.05) is 33.3 Å². The van der Waals surface area contributed by atoms with Crippen LogP contribution in [0.3, 0.4) is 0 Å². The van der Waals surface area contributed by atoms with Crippen molar-refractivity contribution in [1.82, 2.24) is 0 Å². The average molecular weight is 877 g/mol. The molecule has 0 aromatic rings. The van der Waals surface area contributed by atoms with Crippen molar-refractivity contribution in [1.29, 1.82) is 0 Å². The van der Waals surface area contributed by atoms with Gasteiger partial charge >= 0.3 is 19.8 Å². The van der Waals surface area contributed by atoms with Gasteiger partial charge in [0.25, 0.3) is 0 Å². The minimum absolute atomic E-state index is 0.0412. The van der Waals surface area contributed by atoms with E-state index >= 15 is 0 Å². The van der Waals surface area contributed by atoms with Gasteiger partial charge in [0.15, 0.2) is 6.10 Å². The fourth-order valence-electron chi connectivity index (χ4n) is 5.08. The van der Waals surface area contributed by atoms with E-state index < -0.39 is 57.4 Å². The number of allylic oxidation sites excluding steroid dienone is 16. The van der Waals surface area contributed by atoms with Crippen LogP contribution in [-0.4, -0.2) is 109 Å². The summed E-state index contributed by atoms with van der Waals surface area (Å²) >= 11 is 0. The van der Waals surface area contributed by atoms with Gasteiger partial charge in [-0.1, -0.05) is 142 Å². The fraction of sp³-hybridized carbons (Fsp3) is 0.583. The van der Waals surface area contributed by atoms with Gasteiger partial charge in [0.2, 0.25) is 0 Å². The lowest BCUT2D eigenvalue weighted by atomic mass is 10.1. The fourth-order valence-corrected chi connectivity index (χ4v) is 5.82. The molecule has 61 heavy (non-hydrogen) atoms. The van der Waals surface area contributed by atoms with E-state index in [9.17, 15) is 34.4 Å². The highest BCUT2D eigenvalue weighted by atomic mass is 31.2. The molecule has 0 heterocycles. The highest BCUT2D eigenvalue weighted by molar-refractivity contribution is 7.47. The Morgan fingerprint density at radius 1 is 0.639 bits per heavy atom. The number of hydrogen-bond acceptors (Lipinski definition) is 10. The van der Waals surface area contributed by atoms with Crippen LogP contribution in [0, 0.1) is 0 Å². The third-order valence-electron chi connectivity index (χ3n) is 8.65. The lowest BCUT2D eigenvalue weighted by Gasteiger charge is -2.24. The van der Waals surface area contributed by atoms with E-state index in [0.29, 0.717) is 23.9 Å². The molecule has 12 nitrogen and oxygen atoms in total. The Hall–Kier alpha value is -3.45. The van der Waals surface area contributed by atoms with Crippen molar-refractivity contribution >= 4 is 19.8 Å². The van der Waals surface area contributed by atoms with Crippen LogP contribution in [0.4, 0.5) is 0 Å². The monoisotopic (exact) mass is 877 g/mol. The van der Waals surface area contributed by atoms with Crippen molar-refractivity contribution in [3.63, 3.8) is 0 Å². The summed E-state index contributed by atoms with van der Waals surface area (Å²) in [7, 11) is 1.23. The standard InChI is InChI=1S/C48H78NO11P/c1-6-8-10-11-12-13-14-15-16-17-18-19-20-21-22-27-31-37-48(54)60-44(42-59-61(55,56)58-40-39-49(3,4)5)41-57-47(53)38-32-36-46(52)45(51)35-30-26-24-23-25-29-34-43(50)33-28-9-7-2/h8,10,12-13,15-16,18-19,21-26,29-30,34-35,43-46,50-52H,6-7,9,11,14,17,20,27-28,31-33,36-42H2,1-5H3/p+1/b10-8-,13-12-,16-15-,19-18-,22-21-,25-23-,26-24+,34-29+,35-30+/t43-,44-,45-,46-/m1/s1. The van der Waals surface area contributed by atoms with Gasteiger partial charge in [-0.2, -0.15) is 0 Å². The molecule has 0 saturated heterocycles. The summed E-state index contributed by atoms with van der Waals surface area (Å²) in [6, 6.07) is 0. The SMILES string of the molecule is CC/C=C\C/C=C\C/C=C\C/C=C\C/C=C\CCCC(=O)O[C@H](COC(=O)CCC[C@@H](O)[C@H](O)/C=C/C=C/C=C\C=C\[C@H](O)CCCCC)COP(=O)(O)OCC[N+](C)(C)C. The highest BCUT2D eigenvalue weighted by Gasteiger charge is 2.27. The predicted octanol–water partition coefficient (Wildman–Crippen LogP) is 9.26. The first-order valence-electron chi connectivity index (χ1n) is 21.9. The second-order valence-electron chi connectivity index (χ2n) is 15.6. The van der Waals surface area contributed by atoms with Crippen LogP contribution in [0.1, 0.15) is 110 Å². The summed E-state index contributed by atoms with van der Waals surface area (Å²) in [5.41, 5.74) is 0. The summed E-state index contributed by atoms with van der Waals surface area (Å²) in [6.07, 6.45) is 40.9. The number of carbonyl (C=O) groups excluding carboxylic acids is 2. The quantitative estimate of drug-likeness (QED) is 0.0117. The molecule has 13 heteroatoms. The molecular formula is C48H79NO11P+. The number of ether oxygens (including phenoxy) is 2. The second-order valence-corrected chi connectivity index (χ2v) is 17.0. The zero-order valence-electron chi connectivity index (χ0n) is 37.7. The maximum Gasteiger partial charge on any atom is 0.472 e. The van der Waals surface area contributed by atoms with Crippen LogP contribution in [-0.2, 0) is 32.7 Å². The molecule has 0 aromatic heterocycles. The average Bonchev–Trinajstić information content (AvgIpc) is 3.20. The van der Waals surface area contributed by atoms with Crippen LogP contribution in [0.2, 0.25) is 0 Å². The molecule has 0 fully saturated rings. The van der Waals surface area contributed by atoms with Crippen molar-refractivity contribution in [3.05, 3.63) is 109 Å². The zero-order valence-corrected chi connectivity index (χ0v) is 38.6. The zero-order chi connectivity index (χ0) is 45.5. The molecule has 0 amide bonds. The van der Waals surface area contributed by atoms with Gasteiger partial charge in [-0.05, 0) is 64.2 Å². The lowest BCUT2D eigenvalue weighted by molar-refractivity contribution is -0.870. The Morgan fingerprint density at radius 3 is 1.79 bits per heavy atom. The van der Waals surface area contributed by atoms with Gasteiger partial charge in [0, 0.05) is 12.8 Å². The molecular weight excluding hydrogens is 797 g/mol. The van der Waals surface area contributed by atoms with E-state index in [0.717, 1.165) is 57.8 Å². The van der Waals surface area contributed by atoms with Crippen LogP contribution < -0.4 is 0 Å². The minimum Gasteiger partial charge on any atom is -0.462 e. The van der Waals surface area contributed by atoms with E-state index in [4.69, 9.17) is 18.5 Å². The molecule has 0 aliphatic heterocycles. The van der Waals surface area contributed by atoms with E-state index in [2.05, 4.69) is 62.5 Å². The number of likely N-dealkylation sites (N-methyl/N-ethyl adjacent to an activating group) is 1. The maximum absolute atomic E-state index is 12.7. The summed E-state index contributed by atoms with van der Waals surface area (Å²) in [4.78, 5) is 35.4. The third kappa shape index (κ3) is 40.4. The smallest absolute Gasteiger partial charge is 0.462 e. The number of hydrogen-bond donors (Lipinski definition) is 4. The Morgan fingerprint density at radius 2 is 1.20 bits per heavy atom. The summed E-state index contributed by atoms with van der Waals surface area (Å²) in [5, 5.41) is 30.5. The molecule has 1 unspecified atom stereocenters. The van der Waals surface area contributed by atoms with Gasteiger partial charge in [-0.15, -0.1) is 0 Å². The van der Waals surface area contributed by atoms with Crippen molar-refractivity contribution in [2.24, 2.45) is 0 Å². The van der Waals surface area contributed by atoms with Crippen molar-refractivity contribution < 1.29 is 57.4 Å². The molecule has 4 N–H and O–H groups in total. The van der Waals surface area contributed by atoms with Gasteiger partial charge in [0.05, 0.1) is 46.1 Å². The predicted molar refractivity (Wildman–Crippen MR) is 246 cm³/mol. The van der Waals surface area contributed by atoms with Crippen molar-refractivity contribution in [2.45, 2.75) is 135 Å². The van der Waals surface area contributed by atoms with Crippen LogP contribution >= 0.6 is 7.82 Å². The van der Waals surface area contributed by atoms with E-state index in [-0.39, 0.29) is 32.3 Å². The van der Waals surface area contributed by atoms with Crippen LogP contribution in [0.5, 0.6) is 0 Å². The number of aliphatic hydroxyl groups is 3. The molecule has 0 aliphatic rings. The first kappa shape index (κ1) is 57.5. The molecule has 0 rings (SSSR count). The maximum atomic E-state index is 12.7. The number of unbranched alkanes of at least 4 members (excludes halogenated alkanes) is 3. The summed E-state index contributed by atoms with van der Waals surface area (Å²) < 4.78 is 33.9. The number of phosphoric acid groups is 1. The third-order valence-corrected chi connectivity index (χ3v) is 9.64. The van der Waals surface area contributed by atoms with Gasteiger partial charge in [0.1, 0.15) is 19.8 Å². The molecule has 0 saturated carbocycles. The number of nitrogens with zero attached hydrogens (tertiary/aromatic N) is 1. The number of phosphoric ester groups is 1. The Bertz CT molecular complexity index is 1460. The van der Waals surface area contributed by atoms with Gasteiger partial charge in [-0.25, -0.2) is 4.57 Å². The molecule has 0 spiro atoms. The number of rotatable bonds is 37. The largest absolute Gasteiger partial charge is 0.472 e. The number of quaternary nitrogens is 1. The molecule has 0 aliphatic carbocycles. The molecule has 0 bridgehead atoms. The first-order valence-corrected chi connectivity index (χ1v) is 23.4. The Labute approximate surface area is 367 Å². The van der Waals surface area contributed by atoms with Crippen LogP contribution in [0.25, 0.3) is 0 Å². The normalized spacial score (nSPS) is 16.1. The van der Waals surface area contributed by atoms with Gasteiger partial charge in [-0.3, -0.25) is 18.6 Å². The van der Waals surface area contributed by atoms with E-state index in [1.165, 1.54) is 6.08 Å². The molecule has 5 atom stereocenters. The molecule has 0 radical (unpaired) electrons. The van der Waals surface area contributed by atoms with Crippen molar-refractivity contribution in [3.8, 4) is 0 Å². The summed E-state index contributed by atoms with van der Waals surface area (Å²) in [6.45, 7) is 3.70. The number of esters is 2. The Kier molecular flexibility index (Phi) is 36.1. The lowest BCUT2D eigenvalue weighted by Crippen LogP contribution is -2.37. The highest BCUT2D eigenvalue weighted by Crippen LogP contribution is 2.43. The topological polar surface area (TPSA) is 169 Å². The second kappa shape index (κ2) is 38.2. The summed E-state index contributed by atoms with van der Waals surface area (Å²) in [5.74, 6) is -1.21. The van der Waals surface area contributed by atoms with Crippen molar-refractivity contribution in [2.75, 3.05) is 47.5 Å². The molecule has 346 valence electrons.